The van der Waals surface area contributed by atoms with Crippen molar-refractivity contribution in [3.8, 4) is 22.8 Å². The van der Waals surface area contributed by atoms with E-state index < -0.39 is 12.2 Å². The topological polar surface area (TPSA) is 90.3 Å². The first-order chi connectivity index (χ1) is 18.3. The summed E-state index contributed by atoms with van der Waals surface area (Å²) in [7, 11) is 1.40. The molecule has 0 N–H and O–H groups in total. The van der Waals surface area contributed by atoms with Crippen LogP contribution in [0.3, 0.4) is 0 Å². The first-order valence-electron chi connectivity index (χ1n) is 11.5. The second kappa shape index (κ2) is 10.3. The van der Waals surface area contributed by atoms with E-state index in [9.17, 15) is 9.59 Å². The number of halogens is 2. The Balaban J connectivity index is 1.69. The summed E-state index contributed by atoms with van der Waals surface area (Å²) in [6.45, 7) is 2.61. The van der Waals surface area contributed by atoms with Crippen LogP contribution < -0.4 is 9.47 Å². The predicted molar refractivity (Wildman–Crippen MR) is 144 cm³/mol. The molecule has 3 aromatic carbocycles. The second-order valence-electron chi connectivity index (χ2n) is 8.39. The largest absolute Gasteiger partial charge is 0.493 e. The third kappa shape index (κ3) is 4.64. The van der Waals surface area contributed by atoms with Crippen LogP contribution in [0.25, 0.3) is 22.2 Å². The van der Waals surface area contributed by atoms with Crippen molar-refractivity contribution in [3.63, 3.8) is 0 Å². The van der Waals surface area contributed by atoms with E-state index in [0.717, 1.165) is 10.9 Å². The van der Waals surface area contributed by atoms with Crippen LogP contribution in [0.15, 0.2) is 71.8 Å². The minimum Gasteiger partial charge on any atom is -0.493 e. The molecule has 5 rings (SSSR count). The minimum absolute atomic E-state index is 0.0242. The molecule has 0 saturated heterocycles. The first-order valence-corrected chi connectivity index (χ1v) is 12.3. The summed E-state index contributed by atoms with van der Waals surface area (Å²) < 4.78 is 17.1. The number of pyridine rings is 1. The van der Waals surface area contributed by atoms with E-state index in [-0.39, 0.29) is 38.9 Å². The maximum atomic E-state index is 12.8. The van der Waals surface area contributed by atoms with Crippen molar-refractivity contribution < 1.29 is 23.8 Å². The molecule has 1 aliphatic rings. The third-order valence-electron chi connectivity index (χ3n) is 5.87. The highest BCUT2D eigenvalue weighted by atomic mass is 35.5. The molecular weight excluding hydrogens is 529 g/mol. The van der Waals surface area contributed by atoms with Gasteiger partial charge in [0, 0.05) is 36.4 Å². The molecule has 8 nitrogen and oxygen atoms in total. The molecule has 2 heterocycles. The van der Waals surface area contributed by atoms with Crippen LogP contribution in [0.5, 0.6) is 11.5 Å². The van der Waals surface area contributed by atoms with Crippen molar-refractivity contribution in [2.45, 2.75) is 20.1 Å². The maximum Gasteiger partial charge on any atom is 0.308 e. The Labute approximate surface area is 228 Å². The van der Waals surface area contributed by atoms with Crippen LogP contribution in [-0.4, -0.2) is 34.9 Å². The van der Waals surface area contributed by atoms with E-state index in [2.05, 4.69) is 5.10 Å². The number of rotatable bonds is 5. The van der Waals surface area contributed by atoms with Gasteiger partial charge >= 0.3 is 5.97 Å². The van der Waals surface area contributed by atoms with Crippen molar-refractivity contribution >= 4 is 51.9 Å². The lowest BCUT2D eigenvalue weighted by Gasteiger charge is -2.22. The van der Waals surface area contributed by atoms with Crippen LogP contribution in [0.1, 0.15) is 31.2 Å². The number of carbonyl (C=O) groups excluding carboxylic acids is 2. The number of hydrogen-bond donors (Lipinski definition) is 0. The molecule has 4 aromatic rings. The molecule has 0 radical (unpaired) electrons. The molecule has 1 aromatic heterocycles. The number of para-hydroxylation sites is 1. The van der Waals surface area contributed by atoms with Crippen molar-refractivity contribution in [2.75, 3.05) is 7.11 Å². The lowest BCUT2D eigenvalue weighted by molar-refractivity contribution is -0.135. The Hall–Kier alpha value is -4.14. The van der Waals surface area contributed by atoms with Gasteiger partial charge in [-0.3, -0.25) is 9.59 Å². The van der Waals surface area contributed by atoms with E-state index in [4.69, 9.17) is 42.4 Å². The lowest BCUT2D eigenvalue weighted by atomic mass is 10.0. The summed E-state index contributed by atoms with van der Waals surface area (Å²) in [6, 6.07) is 20.5. The van der Waals surface area contributed by atoms with Crippen molar-refractivity contribution in [1.29, 1.82) is 0 Å². The molecule has 38 heavy (non-hydrogen) atoms. The lowest BCUT2D eigenvalue weighted by Crippen LogP contribution is -2.25. The number of fused-ring (bicyclic) bond motifs is 1. The van der Waals surface area contributed by atoms with E-state index in [0.29, 0.717) is 16.8 Å². The van der Waals surface area contributed by atoms with E-state index >= 15 is 0 Å². The highest BCUT2D eigenvalue weighted by molar-refractivity contribution is 6.44. The van der Waals surface area contributed by atoms with Gasteiger partial charge in [-0.15, -0.1) is 5.10 Å². The highest BCUT2D eigenvalue weighted by Gasteiger charge is 2.38. The number of ether oxygens (including phenoxy) is 3. The van der Waals surface area contributed by atoms with Crippen molar-refractivity contribution in [1.82, 2.24) is 9.99 Å². The molecule has 192 valence electrons. The number of hydrazone groups is 1. The van der Waals surface area contributed by atoms with Crippen LogP contribution in [0.4, 0.5) is 0 Å². The van der Waals surface area contributed by atoms with Crippen LogP contribution in [0.2, 0.25) is 10.0 Å². The number of nitrogens with zero attached hydrogens (tertiary/aromatic N) is 3. The van der Waals surface area contributed by atoms with Gasteiger partial charge in [-0.25, -0.2) is 4.98 Å². The molecule has 0 spiro atoms. The molecular formula is C28H21Cl2N3O5. The molecule has 0 fully saturated rings. The Morgan fingerprint density at radius 3 is 2.39 bits per heavy atom. The predicted octanol–water partition coefficient (Wildman–Crippen LogP) is 6.38. The maximum absolute atomic E-state index is 12.8. The number of amides is 1. The van der Waals surface area contributed by atoms with Gasteiger partial charge in [-0.2, -0.15) is 5.01 Å². The average Bonchev–Trinajstić information content (AvgIpc) is 3.35. The van der Waals surface area contributed by atoms with Gasteiger partial charge in [0.2, 0.25) is 18.0 Å². The summed E-state index contributed by atoms with van der Waals surface area (Å²) in [4.78, 5) is 29.5. The number of hydrogen-bond acceptors (Lipinski definition) is 7. The summed E-state index contributed by atoms with van der Waals surface area (Å²) in [5, 5.41) is 6.56. The molecule has 0 aliphatic carbocycles. The standard InChI is InChI=1S/C28H21Cl2N3O5/c1-15(34)33-28(19-13-22(17-9-5-4-6-10-17)31-21-12-8-7-11-18(19)21)38-27(32-33)24-25(30)20(29)14-23(36-3)26(24)37-16(2)35/h4-14,28H,1-3H3. The zero-order chi connectivity index (χ0) is 27.0. The Bertz CT molecular complexity index is 1610. The number of esters is 1. The second-order valence-corrected chi connectivity index (χ2v) is 9.18. The van der Waals surface area contributed by atoms with Crippen molar-refractivity contribution in [3.05, 3.63) is 87.9 Å². The van der Waals surface area contributed by atoms with Crippen LogP contribution in [-0.2, 0) is 14.3 Å². The Morgan fingerprint density at radius 2 is 1.71 bits per heavy atom. The van der Waals surface area contributed by atoms with Crippen LogP contribution in [0, 0.1) is 0 Å². The normalized spacial score (nSPS) is 14.7. The quantitative estimate of drug-likeness (QED) is 0.212. The number of methoxy groups -OCH3 is 1. The average molecular weight is 550 g/mol. The number of benzene rings is 3. The molecule has 1 aliphatic heterocycles. The summed E-state index contributed by atoms with van der Waals surface area (Å²) in [5.41, 5.74) is 3.05. The fourth-order valence-electron chi connectivity index (χ4n) is 4.21. The van der Waals surface area contributed by atoms with Gasteiger partial charge in [-0.05, 0) is 12.1 Å². The SMILES string of the molecule is COc1cc(Cl)c(Cl)c(C2=NN(C(C)=O)C(c3cc(-c4ccccc4)nc4ccccc34)O2)c1OC(C)=O. The Kier molecular flexibility index (Phi) is 6.93. The molecule has 10 heteroatoms. The summed E-state index contributed by atoms with van der Waals surface area (Å²) >= 11 is 12.9. The van der Waals surface area contributed by atoms with Gasteiger partial charge in [0.05, 0.1) is 28.4 Å². The smallest absolute Gasteiger partial charge is 0.308 e. The fraction of sp³-hybridized carbons (Fsp3) is 0.143. The zero-order valence-corrected chi connectivity index (χ0v) is 22.1. The molecule has 1 unspecified atom stereocenters. The monoisotopic (exact) mass is 549 g/mol. The van der Waals surface area contributed by atoms with Gasteiger partial charge < -0.3 is 14.2 Å². The number of aromatic nitrogens is 1. The molecule has 1 atom stereocenters. The first kappa shape index (κ1) is 25.5. The number of carbonyl (C=O) groups is 2. The van der Waals surface area contributed by atoms with Gasteiger partial charge in [0.1, 0.15) is 5.56 Å². The van der Waals surface area contributed by atoms with Crippen molar-refractivity contribution in [2.24, 2.45) is 5.10 Å². The minimum atomic E-state index is -0.968. The molecule has 0 saturated carbocycles. The van der Waals surface area contributed by atoms with Crippen LogP contribution >= 0.6 is 23.2 Å². The van der Waals surface area contributed by atoms with E-state index in [1.807, 2.05) is 60.7 Å². The molecule has 1 amide bonds. The third-order valence-corrected chi connectivity index (χ3v) is 6.66. The van der Waals surface area contributed by atoms with Gasteiger partial charge in [0.15, 0.2) is 11.5 Å². The summed E-state index contributed by atoms with van der Waals surface area (Å²) in [5.74, 6) is -0.939. The summed E-state index contributed by atoms with van der Waals surface area (Å²) in [6.07, 6.45) is -0.968. The van der Waals surface area contributed by atoms with Gasteiger partial charge in [-0.1, -0.05) is 71.7 Å². The molecule has 0 bridgehead atoms. The fourth-order valence-corrected chi connectivity index (χ4v) is 4.62. The highest BCUT2D eigenvalue weighted by Crippen LogP contribution is 2.45. The van der Waals surface area contributed by atoms with E-state index in [1.165, 1.54) is 32.0 Å². The van der Waals surface area contributed by atoms with Gasteiger partial charge in [0.25, 0.3) is 0 Å². The zero-order valence-electron chi connectivity index (χ0n) is 20.6. The Morgan fingerprint density at radius 1 is 1.00 bits per heavy atom. The van der Waals surface area contributed by atoms with E-state index in [1.54, 1.807) is 0 Å².